The summed E-state index contributed by atoms with van der Waals surface area (Å²) in [5.74, 6) is 0.851. The molecule has 0 saturated carbocycles. The van der Waals surface area contributed by atoms with Crippen LogP contribution in [0.15, 0.2) is 40.8 Å². The molecule has 4 rings (SSSR count). The number of rotatable bonds is 5. The minimum Gasteiger partial charge on any atom is -0.467 e. The van der Waals surface area contributed by atoms with Crippen molar-refractivity contribution in [2.45, 2.75) is 26.1 Å². The fourth-order valence-corrected chi connectivity index (χ4v) is 3.09. The second-order valence-corrected chi connectivity index (χ2v) is 6.34. The predicted molar refractivity (Wildman–Crippen MR) is 93.9 cm³/mol. The number of aryl methyl sites for hydroxylation is 1. The molecular weight excluding hydrogens is 358 g/mol. The van der Waals surface area contributed by atoms with Crippen LogP contribution in [-0.2, 0) is 33.9 Å². The van der Waals surface area contributed by atoms with Gasteiger partial charge in [-0.1, -0.05) is 23.7 Å². The molecule has 1 aromatic heterocycles. The van der Waals surface area contributed by atoms with Crippen LogP contribution in [0.4, 0.5) is 0 Å². The fourth-order valence-electron chi connectivity index (χ4n) is 2.83. The lowest BCUT2D eigenvalue weighted by Crippen LogP contribution is -2.14. The summed E-state index contributed by atoms with van der Waals surface area (Å²) in [6.45, 7) is 0.692. The molecular formula is C19H16ClNO5. The van der Waals surface area contributed by atoms with Gasteiger partial charge in [0, 0.05) is 22.6 Å². The number of halogens is 1. The standard InChI is InChI=1S/C19H16ClNO5/c20-14-7-12-9-23-11-25-19(12)13(8-14)10-24-18(22)6-5-17-21-15-3-1-2-4-16(15)26-17/h1-4,7-8H,5-6,9-11H2. The van der Waals surface area contributed by atoms with Gasteiger partial charge in [0.25, 0.3) is 0 Å². The van der Waals surface area contributed by atoms with Gasteiger partial charge in [-0.15, -0.1) is 0 Å². The van der Waals surface area contributed by atoms with E-state index in [-0.39, 0.29) is 25.8 Å². The molecule has 0 unspecified atom stereocenters. The Balaban J connectivity index is 1.36. The fraction of sp³-hybridized carbons (Fsp3) is 0.263. The molecule has 0 saturated heterocycles. The SMILES string of the molecule is O=C(CCc1nc2ccccc2o1)OCc1cc(Cl)cc2c1OCOC2. The summed E-state index contributed by atoms with van der Waals surface area (Å²) < 4.78 is 21.7. The van der Waals surface area contributed by atoms with Crippen molar-refractivity contribution in [3.63, 3.8) is 0 Å². The van der Waals surface area contributed by atoms with Crippen LogP contribution >= 0.6 is 11.6 Å². The maximum absolute atomic E-state index is 12.1. The van der Waals surface area contributed by atoms with Crippen molar-refractivity contribution in [1.82, 2.24) is 4.98 Å². The average Bonchev–Trinajstić information content (AvgIpc) is 3.07. The van der Waals surface area contributed by atoms with Crippen LogP contribution in [0.1, 0.15) is 23.4 Å². The number of carbonyl (C=O) groups is 1. The van der Waals surface area contributed by atoms with Crippen LogP contribution in [0.5, 0.6) is 5.75 Å². The number of fused-ring (bicyclic) bond motifs is 2. The van der Waals surface area contributed by atoms with Crippen LogP contribution in [0.3, 0.4) is 0 Å². The molecule has 0 spiro atoms. The third kappa shape index (κ3) is 3.66. The Kier molecular flexibility index (Phi) is 4.77. The number of para-hydroxylation sites is 2. The smallest absolute Gasteiger partial charge is 0.306 e. The van der Waals surface area contributed by atoms with Crippen molar-refractivity contribution in [3.8, 4) is 5.75 Å². The van der Waals surface area contributed by atoms with Crippen LogP contribution in [0.25, 0.3) is 11.1 Å². The van der Waals surface area contributed by atoms with Crippen molar-refractivity contribution in [3.05, 3.63) is 58.4 Å². The second-order valence-electron chi connectivity index (χ2n) is 5.90. The molecule has 2 heterocycles. The molecule has 0 radical (unpaired) electrons. The Morgan fingerprint density at radius 3 is 3.04 bits per heavy atom. The molecule has 2 aromatic carbocycles. The normalized spacial score (nSPS) is 13.3. The zero-order chi connectivity index (χ0) is 17.9. The van der Waals surface area contributed by atoms with Crippen molar-refractivity contribution in [2.75, 3.05) is 6.79 Å². The number of carbonyl (C=O) groups excluding carboxylic acids is 1. The quantitative estimate of drug-likeness (QED) is 0.629. The number of hydrogen-bond donors (Lipinski definition) is 0. The predicted octanol–water partition coefficient (Wildman–Crippen LogP) is 4.02. The van der Waals surface area contributed by atoms with E-state index in [1.54, 1.807) is 12.1 Å². The van der Waals surface area contributed by atoms with Crippen molar-refractivity contribution in [2.24, 2.45) is 0 Å². The Hall–Kier alpha value is -2.57. The number of benzene rings is 2. The van der Waals surface area contributed by atoms with Gasteiger partial charge in [0.05, 0.1) is 13.0 Å². The van der Waals surface area contributed by atoms with Crippen LogP contribution in [0.2, 0.25) is 5.02 Å². The lowest BCUT2D eigenvalue weighted by molar-refractivity contribution is -0.145. The van der Waals surface area contributed by atoms with E-state index in [1.807, 2.05) is 24.3 Å². The first-order chi connectivity index (χ1) is 12.7. The van der Waals surface area contributed by atoms with Gasteiger partial charge in [0.15, 0.2) is 18.3 Å². The number of ether oxygens (including phenoxy) is 3. The average molecular weight is 374 g/mol. The summed E-state index contributed by atoms with van der Waals surface area (Å²) in [4.78, 5) is 16.4. The summed E-state index contributed by atoms with van der Waals surface area (Å²) in [6, 6.07) is 11.0. The first-order valence-electron chi connectivity index (χ1n) is 8.21. The van der Waals surface area contributed by atoms with Gasteiger partial charge in [0.2, 0.25) is 0 Å². The molecule has 26 heavy (non-hydrogen) atoms. The first kappa shape index (κ1) is 16.9. The molecule has 1 aliphatic heterocycles. The lowest BCUT2D eigenvalue weighted by atomic mass is 10.1. The molecule has 0 aliphatic carbocycles. The summed E-state index contributed by atoms with van der Waals surface area (Å²) in [7, 11) is 0. The van der Waals surface area contributed by atoms with E-state index in [2.05, 4.69) is 4.98 Å². The zero-order valence-corrected chi connectivity index (χ0v) is 14.6. The highest BCUT2D eigenvalue weighted by molar-refractivity contribution is 6.30. The summed E-state index contributed by atoms with van der Waals surface area (Å²) >= 11 is 6.10. The maximum atomic E-state index is 12.1. The van der Waals surface area contributed by atoms with E-state index < -0.39 is 0 Å². The topological polar surface area (TPSA) is 70.8 Å². The highest BCUT2D eigenvalue weighted by Gasteiger charge is 2.18. The van der Waals surface area contributed by atoms with Crippen LogP contribution in [-0.4, -0.2) is 17.7 Å². The lowest BCUT2D eigenvalue weighted by Gasteiger charge is -2.21. The highest BCUT2D eigenvalue weighted by atomic mass is 35.5. The molecule has 6 nitrogen and oxygen atoms in total. The van der Waals surface area contributed by atoms with E-state index in [9.17, 15) is 4.79 Å². The maximum Gasteiger partial charge on any atom is 0.306 e. The molecule has 3 aromatic rings. The van der Waals surface area contributed by atoms with E-state index in [0.29, 0.717) is 35.3 Å². The van der Waals surface area contributed by atoms with Gasteiger partial charge < -0.3 is 18.6 Å². The van der Waals surface area contributed by atoms with Gasteiger partial charge >= 0.3 is 5.97 Å². The molecule has 0 atom stereocenters. The van der Waals surface area contributed by atoms with E-state index >= 15 is 0 Å². The van der Waals surface area contributed by atoms with Crippen molar-refractivity contribution < 1.29 is 23.4 Å². The van der Waals surface area contributed by atoms with Crippen LogP contribution < -0.4 is 4.74 Å². The van der Waals surface area contributed by atoms with E-state index in [1.165, 1.54) is 0 Å². The Morgan fingerprint density at radius 2 is 2.15 bits per heavy atom. The minimum absolute atomic E-state index is 0.0925. The molecule has 0 fully saturated rings. The first-order valence-corrected chi connectivity index (χ1v) is 8.59. The molecule has 134 valence electrons. The molecule has 0 amide bonds. The van der Waals surface area contributed by atoms with Crippen molar-refractivity contribution in [1.29, 1.82) is 0 Å². The molecule has 0 bridgehead atoms. The van der Waals surface area contributed by atoms with Gasteiger partial charge in [-0.2, -0.15) is 0 Å². The minimum atomic E-state index is -0.340. The third-order valence-electron chi connectivity index (χ3n) is 4.02. The third-order valence-corrected chi connectivity index (χ3v) is 4.24. The van der Waals surface area contributed by atoms with Crippen molar-refractivity contribution >= 4 is 28.7 Å². The Labute approximate surface area is 154 Å². The Morgan fingerprint density at radius 1 is 1.27 bits per heavy atom. The van der Waals surface area contributed by atoms with E-state index in [0.717, 1.165) is 16.6 Å². The zero-order valence-electron chi connectivity index (χ0n) is 13.9. The van der Waals surface area contributed by atoms with Crippen LogP contribution in [0, 0.1) is 0 Å². The largest absolute Gasteiger partial charge is 0.467 e. The van der Waals surface area contributed by atoms with Gasteiger partial charge in [-0.05, 0) is 24.3 Å². The summed E-state index contributed by atoms with van der Waals surface area (Å²) in [5.41, 5.74) is 3.06. The number of aromatic nitrogens is 1. The van der Waals surface area contributed by atoms with Gasteiger partial charge in [-0.3, -0.25) is 4.79 Å². The highest BCUT2D eigenvalue weighted by Crippen LogP contribution is 2.32. The monoisotopic (exact) mass is 373 g/mol. The summed E-state index contributed by atoms with van der Waals surface area (Å²) in [6.07, 6.45) is 0.561. The molecule has 7 heteroatoms. The number of oxazole rings is 1. The van der Waals surface area contributed by atoms with Gasteiger partial charge in [-0.25, -0.2) is 4.98 Å². The summed E-state index contributed by atoms with van der Waals surface area (Å²) in [5, 5.41) is 0.551. The van der Waals surface area contributed by atoms with Gasteiger partial charge in [0.1, 0.15) is 17.9 Å². The Bertz CT molecular complexity index is 919. The number of esters is 1. The number of hydrogen-bond acceptors (Lipinski definition) is 6. The second kappa shape index (κ2) is 7.35. The molecule has 0 N–H and O–H groups in total. The molecule has 1 aliphatic rings. The number of nitrogens with zero attached hydrogens (tertiary/aromatic N) is 1. The van der Waals surface area contributed by atoms with E-state index in [4.69, 9.17) is 30.2 Å².